The summed E-state index contributed by atoms with van der Waals surface area (Å²) in [6.07, 6.45) is 2.25. The Bertz CT molecular complexity index is 354. The Morgan fingerprint density at radius 1 is 1.18 bits per heavy atom. The van der Waals surface area contributed by atoms with Gasteiger partial charge in [-0.05, 0) is 44.4 Å². The van der Waals surface area contributed by atoms with Crippen LogP contribution in [0, 0.1) is 5.92 Å². The summed E-state index contributed by atoms with van der Waals surface area (Å²) in [5, 5.41) is 0. The zero-order chi connectivity index (χ0) is 13.1. The standard InChI is InChI=1S/C14H20Br2O/c1-5-10(2)9-14(3,4)17-13-7-11(15)6-12(16)8-13/h6-8,10H,5,9H2,1-4H3. The maximum atomic E-state index is 6.08. The molecule has 0 aliphatic heterocycles. The molecule has 0 fully saturated rings. The molecule has 0 saturated carbocycles. The van der Waals surface area contributed by atoms with Gasteiger partial charge in [-0.25, -0.2) is 0 Å². The van der Waals surface area contributed by atoms with Gasteiger partial charge in [-0.1, -0.05) is 52.1 Å². The van der Waals surface area contributed by atoms with E-state index < -0.39 is 0 Å². The molecule has 0 spiro atoms. The van der Waals surface area contributed by atoms with E-state index in [0.717, 1.165) is 21.1 Å². The Kier molecular flexibility index (Phi) is 5.52. The van der Waals surface area contributed by atoms with E-state index in [9.17, 15) is 0 Å². The molecule has 17 heavy (non-hydrogen) atoms. The first kappa shape index (κ1) is 15.0. The van der Waals surface area contributed by atoms with Gasteiger partial charge in [-0.3, -0.25) is 0 Å². The molecule has 1 aromatic rings. The van der Waals surface area contributed by atoms with E-state index in [1.807, 2.05) is 18.2 Å². The van der Waals surface area contributed by atoms with Crippen molar-refractivity contribution in [3.8, 4) is 5.75 Å². The molecule has 0 bridgehead atoms. The molecule has 0 aliphatic carbocycles. The minimum absolute atomic E-state index is 0.129. The maximum Gasteiger partial charge on any atom is 0.122 e. The molecule has 1 aromatic carbocycles. The molecule has 1 nitrogen and oxygen atoms in total. The van der Waals surface area contributed by atoms with Crippen LogP contribution in [0.4, 0.5) is 0 Å². The van der Waals surface area contributed by atoms with Crippen LogP contribution in [-0.4, -0.2) is 5.60 Å². The largest absolute Gasteiger partial charge is 0.488 e. The molecular weight excluding hydrogens is 344 g/mol. The highest BCUT2D eigenvalue weighted by atomic mass is 79.9. The van der Waals surface area contributed by atoms with Gasteiger partial charge in [0.2, 0.25) is 0 Å². The third-order valence-corrected chi connectivity index (χ3v) is 3.68. The Hall–Kier alpha value is -0.0200. The summed E-state index contributed by atoms with van der Waals surface area (Å²) < 4.78 is 8.13. The maximum absolute atomic E-state index is 6.08. The summed E-state index contributed by atoms with van der Waals surface area (Å²) in [5.74, 6) is 1.58. The molecule has 0 aromatic heterocycles. The van der Waals surface area contributed by atoms with Gasteiger partial charge in [0.05, 0.1) is 0 Å². The van der Waals surface area contributed by atoms with Crippen molar-refractivity contribution in [1.82, 2.24) is 0 Å². The highest BCUT2D eigenvalue weighted by Gasteiger charge is 2.22. The average Bonchev–Trinajstić information content (AvgIpc) is 2.13. The molecule has 1 atom stereocenters. The summed E-state index contributed by atoms with van der Waals surface area (Å²) in [6.45, 7) is 8.78. The van der Waals surface area contributed by atoms with Gasteiger partial charge >= 0.3 is 0 Å². The summed E-state index contributed by atoms with van der Waals surface area (Å²) in [4.78, 5) is 0. The van der Waals surface area contributed by atoms with E-state index in [-0.39, 0.29) is 5.60 Å². The first-order valence-electron chi connectivity index (χ1n) is 5.97. The third kappa shape index (κ3) is 5.43. The van der Waals surface area contributed by atoms with Gasteiger partial charge < -0.3 is 4.74 Å². The molecule has 0 radical (unpaired) electrons. The topological polar surface area (TPSA) is 9.23 Å². The lowest BCUT2D eigenvalue weighted by atomic mass is 9.93. The highest BCUT2D eigenvalue weighted by Crippen LogP contribution is 2.30. The van der Waals surface area contributed by atoms with Crippen molar-refractivity contribution >= 4 is 31.9 Å². The van der Waals surface area contributed by atoms with Crippen LogP contribution in [0.1, 0.15) is 40.5 Å². The number of benzene rings is 1. The molecular formula is C14H20Br2O. The summed E-state index contributed by atoms with van der Waals surface area (Å²) in [5.41, 5.74) is -0.129. The number of hydrogen-bond acceptors (Lipinski definition) is 1. The Labute approximate surface area is 121 Å². The van der Waals surface area contributed by atoms with Crippen LogP contribution in [-0.2, 0) is 0 Å². The minimum Gasteiger partial charge on any atom is -0.488 e. The lowest BCUT2D eigenvalue weighted by Gasteiger charge is -2.29. The monoisotopic (exact) mass is 362 g/mol. The predicted octanol–water partition coefficient (Wildman–Crippen LogP) is 5.81. The Balaban J connectivity index is 2.75. The average molecular weight is 364 g/mol. The Morgan fingerprint density at radius 2 is 1.71 bits per heavy atom. The fourth-order valence-electron chi connectivity index (χ4n) is 1.93. The molecule has 96 valence electrons. The molecule has 0 aliphatic rings. The van der Waals surface area contributed by atoms with Crippen LogP contribution < -0.4 is 4.74 Å². The zero-order valence-electron chi connectivity index (χ0n) is 10.9. The molecule has 3 heteroatoms. The number of hydrogen-bond donors (Lipinski definition) is 0. The van der Waals surface area contributed by atoms with Crippen molar-refractivity contribution in [1.29, 1.82) is 0 Å². The third-order valence-electron chi connectivity index (χ3n) is 2.77. The summed E-state index contributed by atoms with van der Waals surface area (Å²) >= 11 is 6.95. The van der Waals surface area contributed by atoms with Crippen molar-refractivity contribution in [2.75, 3.05) is 0 Å². The normalized spacial score (nSPS) is 13.5. The van der Waals surface area contributed by atoms with Crippen molar-refractivity contribution < 1.29 is 4.74 Å². The molecule has 0 saturated heterocycles. The van der Waals surface area contributed by atoms with Crippen molar-refractivity contribution in [3.63, 3.8) is 0 Å². The molecule has 0 amide bonds. The second-order valence-electron chi connectivity index (χ2n) is 5.18. The van der Waals surface area contributed by atoms with E-state index in [4.69, 9.17) is 4.74 Å². The molecule has 0 N–H and O–H groups in total. The lowest BCUT2D eigenvalue weighted by molar-refractivity contribution is 0.0815. The van der Waals surface area contributed by atoms with E-state index >= 15 is 0 Å². The molecule has 1 unspecified atom stereocenters. The highest BCUT2D eigenvalue weighted by molar-refractivity contribution is 9.11. The first-order valence-corrected chi connectivity index (χ1v) is 7.56. The minimum atomic E-state index is -0.129. The summed E-state index contributed by atoms with van der Waals surface area (Å²) in [6, 6.07) is 6.01. The van der Waals surface area contributed by atoms with Crippen molar-refractivity contribution in [3.05, 3.63) is 27.1 Å². The first-order chi connectivity index (χ1) is 7.82. The van der Waals surface area contributed by atoms with Crippen LogP contribution in [0.15, 0.2) is 27.1 Å². The number of rotatable bonds is 5. The van der Waals surface area contributed by atoms with Gasteiger partial charge in [-0.2, -0.15) is 0 Å². The van der Waals surface area contributed by atoms with E-state index in [1.54, 1.807) is 0 Å². The van der Waals surface area contributed by atoms with Crippen molar-refractivity contribution in [2.45, 2.75) is 46.1 Å². The SMILES string of the molecule is CCC(C)CC(C)(C)Oc1cc(Br)cc(Br)c1. The Morgan fingerprint density at radius 3 is 2.18 bits per heavy atom. The quantitative estimate of drug-likeness (QED) is 0.641. The van der Waals surface area contributed by atoms with Gasteiger partial charge in [0.1, 0.15) is 11.4 Å². The predicted molar refractivity (Wildman–Crippen MR) is 80.6 cm³/mol. The smallest absolute Gasteiger partial charge is 0.122 e. The van der Waals surface area contributed by atoms with Crippen molar-refractivity contribution in [2.24, 2.45) is 5.92 Å². The van der Waals surface area contributed by atoms with Crippen LogP contribution in [0.25, 0.3) is 0 Å². The summed E-state index contributed by atoms with van der Waals surface area (Å²) in [7, 11) is 0. The molecule has 1 rings (SSSR count). The van der Waals surface area contributed by atoms with Crippen LogP contribution in [0.5, 0.6) is 5.75 Å². The second kappa shape index (κ2) is 6.24. The molecule has 0 heterocycles. The number of halogens is 2. The second-order valence-corrected chi connectivity index (χ2v) is 7.02. The van der Waals surface area contributed by atoms with Gasteiger partial charge in [0, 0.05) is 8.95 Å². The fourth-order valence-corrected chi connectivity index (χ4v) is 3.18. The van der Waals surface area contributed by atoms with Gasteiger partial charge in [-0.15, -0.1) is 0 Å². The van der Waals surface area contributed by atoms with Crippen LogP contribution in [0.3, 0.4) is 0 Å². The van der Waals surface area contributed by atoms with E-state index in [0.29, 0.717) is 5.92 Å². The van der Waals surface area contributed by atoms with E-state index in [1.165, 1.54) is 6.42 Å². The van der Waals surface area contributed by atoms with Gasteiger partial charge in [0.25, 0.3) is 0 Å². The zero-order valence-corrected chi connectivity index (χ0v) is 14.1. The van der Waals surface area contributed by atoms with Crippen LogP contribution in [0.2, 0.25) is 0 Å². The van der Waals surface area contributed by atoms with Crippen LogP contribution >= 0.6 is 31.9 Å². The van der Waals surface area contributed by atoms with Gasteiger partial charge in [0.15, 0.2) is 0 Å². The number of ether oxygens (including phenoxy) is 1. The lowest BCUT2D eigenvalue weighted by Crippen LogP contribution is -2.30. The fraction of sp³-hybridized carbons (Fsp3) is 0.571. The van der Waals surface area contributed by atoms with E-state index in [2.05, 4.69) is 59.6 Å².